The smallest absolute Gasteiger partial charge is 0.0665 e. The fourth-order valence-electron chi connectivity index (χ4n) is 5.59. The molecule has 0 aromatic heterocycles. The highest BCUT2D eigenvalue weighted by Gasteiger charge is 2.42. The van der Waals surface area contributed by atoms with E-state index < -0.39 is 0 Å². The predicted octanol–water partition coefficient (Wildman–Crippen LogP) is 7.41. The first-order valence-electron chi connectivity index (χ1n) is 12.6. The Bertz CT molecular complexity index is 1120. The van der Waals surface area contributed by atoms with Crippen LogP contribution in [0.3, 0.4) is 0 Å². The van der Waals surface area contributed by atoms with Gasteiger partial charge in [-0.2, -0.15) is 10.2 Å². The third kappa shape index (κ3) is 5.04. The van der Waals surface area contributed by atoms with E-state index >= 15 is 0 Å². The lowest BCUT2D eigenvalue weighted by molar-refractivity contribution is 0.283. The zero-order valence-electron chi connectivity index (χ0n) is 21.7. The molecule has 2 aliphatic carbocycles. The second-order valence-electron chi connectivity index (χ2n) is 11.7. The van der Waals surface area contributed by atoms with Crippen LogP contribution in [0.2, 0.25) is 0 Å². The third-order valence-electron chi connectivity index (χ3n) is 7.33. The van der Waals surface area contributed by atoms with Crippen molar-refractivity contribution in [1.29, 1.82) is 0 Å². The van der Waals surface area contributed by atoms with E-state index in [1.54, 1.807) is 0 Å². The van der Waals surface area contributed by atoms with E-state index in [0.717, 1.165) is 43.5 Å². The molecule has 0 unspecified atom stereocenters. The van der Waals surface area contributed by atoms with Crippen LogP contribution in [0.1, 0.15) is 59.8 Å². The molecule has 0 amide bonds. The van der Waals surface area contributed by atoms with Gasteiger partial charge in [-0.3, -0.25) is 10.9 Å². The second-order valence-corrected chi connectivity index (χ2v) is 11.7. The number of benzene rings is 2. The van der Waals surface area contributed by atoms with Gasteiger partial charge in [-0.15, -0.1) is 0 Å². The van der Waals surface area contributed by atoms with E-state index in [1.165, 1.54) is 34.0 Å². The van der Waals surface area contributed by atoms with Gasteiger partial charge in [0.2, 0.25) is 0 Å². The predicted molar refractivity (Wildman–Crippen MR) is 147 cm³/mol. The third-order valence-corrected chi connectivity index (χ3v) is 7.33. The Kier molecular flexibility index (Phi) is 6.04. The van der Waals surface area contributed by atoms with E-state index in [4.69, 9.17) is 10.2 Å². The molecule has 1 heterocycles. The molecular weight excluding hydrogens is 430 g/mol. The fraction of sp³-hybridized carbons (Fsp3) is 0.400. The van der Waals surface area contributed by atoms with Crippen LogP contribution in [-0.4, -0.2) is 23.4 Å². The Labute approximate surface area is 209 Å². The number of nitrogens with zero attached hydrogens (tertiary/aromatic N) is 3. The van der Waals surface area contributed by atoms with Gasteiger partial charge >= 0.3 is 0 Å². The Morgan fingerprint density at radius 1 is 0.629 bits per heavy atom. The standard InChI is InChI=1S/C30H37N5/c1-29(2)17-25(33-31-21-12-8-6-9-13-21)23-16-24-26(34-32-22-14-10-7-11-15-22)18-30(3,4)20-28(24)35(5)27(23)19-29/h6-15,31-32H,16-20H2,1-5H3/b33-25-,34-26+. The summed E-state index contributed by atoms with van der Waals surface area (Å²) in [4.78, 5) is 2.46. The summed E-state index contributed by atoms with van der Waals surface area (Å²) >= 11 is 0. The number of hydrogen-bond acceptors (Lipinski definition) is 5. The lowest BCUT2D eigenvalue weighted by Crippen LogP contribution is -2.40. The van der Waals surface area contributed by atoms with Gasteiger partial charge in [-0.25, -0.2) is 0 Å². The molecule has 0 saturated heterocycles. The first-order chi connectivity index (χ1) is 16.7. The van der Waals surface area contributed by atoms with E-state index in [9.17, 15) is 0 Å². The average molecular weight is 468 g/mol. The summed E-state index contributed by atoms with van der Waals surface area (Å²) in [5.74, 6) is 0. The normalized spacial score (nSPS) is 23.3. The molecule has 0 atom stereocenters. The number of hydrogen-bond donors (Lipinski definition) is 2. The largest absolute Gasteiger partial charge is 0.351 e. The zero-order valence-corrected chi connectivity index (χ0v) is 21.7. The van der Waals surface area contributed by atoms with Crippen molar-refractivity contribution in [3.63, 3.8) is 0 Å². The van der Waals surface area contributed by atoms with Gasteiger partial charge in [0.25, 0.3) is 0 Å². The molecule has 0 spiro atoms. The topological polar surface area (TPSA) is 52.0 Å². The Balaban J connectivity index is 1.51. The monoisotopic (exact) mass is 467 g/mol. The van der Waals surface area contributed by atoms with Crippen molar-refractivity contribution in [2.75, 3.05) is 17.9 Å². The zero-order chi connectivity index (χ0) is 24.6. The molecule has 0 bridgehead atoms. The van der Waals surface area contributed by atoms with E-state index in [1.807, 2.05) is 36.4 Å². The van der Waals surface area contributed by atoms with Crippen molar-refractivity contribution in [2.24, 2.45) is 21.0 Å². The van der Waals surface area contributed by atoms with Crippen LogP contribution in [0, 0.1) is 10.8 Å². The molecule has 2 N–H and O–H groups in total. The van der Waals surface area contributed by atoms with Crippen molar-refractivity contribution < 1.29 is 0 Å². The maximum absolute atomic E-state index is 4.96. The van der Waals surface area contributed by atoms with Crippen LogP contribution < -0.4 is 10.9 Å². The summed E-state index contributed by atoms with van der Waals surface area (Å²) < 4.78 is 0. The minimum absolute atomic E-state index is 0.165. The van der Waals surface area contributed by atoms with Gasteiger partial charge in [-0.05, 0) is 71.9 Å². The molecule has 5 nitrogen and oxygen atoms in total. The van der Waals surface area contributed by atoms with Crippen LogP contribution >= 0.6 is 0 Å². The van der Waals surface area contributed by atoms with Crippen molar-refractivity contribution in [3.05, 3.63) is 83.2 Å². The molecule has 2 aromatic carbocycles. The van der Waals surface area contributed by atoms with Crippen LogP contribution in [0.5, 0.6) is 0 Å². The maximum Gasteiger partial charge on any atom is 0.0665 e. The molecule has 1 aliphatic heterocycles. The van der Waals surface area contributed by atoms with Crippen LogP contribution in [0.25, 0.3) is 0 Å². The molecule has 182 valence electrons. The number of nitrogens with one attached hydrogen (secondary N) is 2. The van der Waals surface area contributed by atoms with Crippen molar-refractivity contribution in [1.82, 2.24) is 4.90 Å². The SMILES string of the molecule is CN1C2=C(CC3=C1CC(C)(C)C/C3=N\Nc1ccccc1)/C(=N\Nc1ccccc1)CC(C)(C)C2. The molecular formula is C30H37N5. The Morgan fingerprint density at radius 3 is 1.43 bits per heavy atom. The van der Waals surface area contributed by atoms with Crippen molar-refractivity contribution >= 4 is 22.8 Å². The molecule has 5 rings (SSSR count). The van der Waals surface area contributed by atoms with Gasteiger partial charge in [0.05, 0.1) is 22.8 Å². The molecule has 2 aromatic rings. The molecule has 0 saturated carbocycles. The van der Waals surface area contributed by atoms with Crippen LogP contribution in [0.15, 0.2) is 93.4 Å². The van der Waals surface area contributed by atoms with E-state index in [0.29, 0.717) is 0 Å². The highest BCUT2D eigenvalue weighted by molar-refractivity contribution is 6.08. The van der Waals surface area contributed by atoms with Gasteiger partial charge in [0.1, 0.15) is 0 Å². The minimum atomic E-state index is 0.165. The first kappa shape index (κ1) is 23.4. The summed E-state index contributed by atoms with van der Waals surface area (Å²) in [5, 5.41) is 9.91. The Morgan fingerprint density at radius 2 is 1.03 bits per heavy atom. The second kappa shape index (κ2) is 9.03. The molecule has 35 heavy (non-hydrogen) atoms. The first-order valence-corrected chi connectivity index (χ1v) is 12.6. The molecule has 0 fully saturated rings. The number of para-hydroxylation sites is 2. The summed E-state index contributed by atoms with van der Waals surface area (Å²) in [5.41, 5.74) is 16.9. The molecule has 3 aliphatic rings. The summed E-state index contributed by atoms with van der Waals surface area (Å²) in [6, 6.07) is 20.4. The summed E-state index contributed by atoms with van der Waals surface area (Å²) in [6.07, 6.45) is 4.95. The maximum atomic E-state index is 4.96. The lowest BCUT2D eigenvalue weighted by atomic mass is 9.68. The molecule has 5 heteroatoms. The summed E-state index contributed by atoms with van der Waals surface area (Å²) in [7, 11) is 2.25. The number of rotatable bonds is 4. The number of hydrazone groups is 2. The van der Waals surface area contributed by atoms with Gasteiger partial charge in [0.15, 0.2) is 0 Å². The Hall–Kier alpha value is -3.34. The molecule has 0 radical (unpaired) electrons. The van der Waals surface area contributed by atoms with Crippen LogP contribution in [-0.2, 0) is 0 Å². The van der Waals surface area contributed by atoms with Crippen molar-refractivity contribution in [3.8, 4) is 0 Å². The highest BCUT2D eigenvalue weighted by atomic mass is 15.3. The van der Waals surface area contributed by atoms with Crippen molar-refractivity contribution in [2.45, 2.75) is 59.8 Å². The number of allylic oxidation sites excluding steroid dienone is 4. The highest BCUT2D eigenvalue weighted by Crippen LogP contribution is 2.49. The fourth-order valence-corrected chi connectivity index (χ4v) is 5.59. The van der Waals surface area contributed by atoms with Gasteiger partial charge in [0, 0.05) is 24.9 Å². The van der Waals surface area contributed by atoms with E-state index in [-0.39, 0.29) is 10.8 Å². The number of anilines is 2. The average Bonchev–Trinajstić information content (AvgIpc) is 2.83. The summed E-state index contributed by atoms with van der Waals surface area (Å²) in [6.45, 7) is 9.42. The minimum Gasteiger partial charge on any atom is -0.351 e. The van der Waals surface area contributed by atoms with E-state index in [2.05, 4.69) is 74.8 Å². The quantitative estimate of drug-likeness (QED) is 0.460. The van der Waals surface area contributed by atoms with Crippen LogP contribution in [0.4, 0.5) is 11.4 Å². The lowest BCUT2D eigenvalue weighted by Gasteiger charge is -2.46. The van der Waals surface area contributed by atoms with Gasteiger partial charge in [-0.1, -0.05) is 64.1 Å². The van der Waals surface area contributed by atoms with Gasteiger partial charge < -0.3 is 4.90 Å².